The Balaban J connectivity index is 1.86. The fourth-order valence-electron chi connectivity index (χ4n) is 2.77. The van der Waals surface area contributed by atoms with Gasteiger partial charge in [-0.15, -0.1) is 0 Å². The molecule has 0 heterocycles. The molecular weight excluding hydrogens is 434 g/mol. The van der Waals surface area contributed by atoms with Crippen molar-refractivity contribution in [1.29, 1.82) is 0 Å². The van der Waals surface area contributed by atoms with E-state index in [1.807, 2.05) is 37.3 Å². The Bertz CT molecular complexity index is 1230. The molecule has 9 nitrogen and oxygen atoms in total. The maximum Gasteiger partial charge on any atom is 0.282 e. The first-order valence-electron chi connectivity index (χ1n) is 9.45. The van der Waals surface area contributed by atoms with Gasteiger partial charge in [-0.05, 0) is 30.7 Å². The zero-order valence-electron chi connectivity index (χ0n) is 17.4. The van der Waals surface area contributed by atoms with E-state index in [9.17, 15) is 18.5 Å². The van der Waals surface area contributed by atoms with Crippen molar-refractivity contribution in [2.45, 2.75) is 18.4 Å². The monoisotopic (exact) mass is 455 g/mol. The molecule has 0 spiro atoms. The van der Waals surface area contributed by atoms with E-state index in [-0.39, 0.29) is 34.3 Å². The molecule has 3 aromatic carbocycles. The first-order valence-corrected chi connectivity index (χ1v) is 10.9. The minimum atomic E-state index is -3.92. The fourth-order valence-corrected chi connectivity index (χ4v) is 3.56. The molecule has 3 aromatic rings. The number of benzene rings is 3. The van der Waals surface area contributed by atoms with Crippen molar-refractivity contribution in [3.05, 3.63) is 93.5 Å². The predicted molar refractivity (Wildman–Crippen MR) is 120 cm³/mol. The topological polar surface area (TPSA) is 120 Å². The average Bonchev–Trinajstić information content (AvgIpc) is 2.78. The number of ether oxygens (including phenoxy) is 2. The highest BCUT2D eigenvalue weighted by molar-refractivity contribution is 7.89. The SMILES string of the molecule is COc1cc([N+](=O)[O-])c(C=NNS(=O)(=O)c2ccc(C)cc2)cc1OCc1ccccc1. The summed E-state index contributed by atoms with van der Waals surface area (Å²) in [7, 11) is -2.55. The standard InChI is InChI=1S/C22H21N3O6S/c1-16-8-10-19(11-9-16)32(28,29)24-23-14-18-12-22(21(30-2)13-20(18)25(26)27)31-15-17-6-4-3-5-7-17/h3-14,24H,15H2,1-2H3. The van der Waals surface area contributed by atoms with Gasteiger partial charge in [0.25, 0.3) is 15.7 Å². The molecule has 0 saturated heterocycles. The van der Waals surface area contributed by atoms with Crippen molar-refractivity contribution in [3.8, 4) is 11.5 Å². The Hall–Kier alpha value is -3.92. The molecule has 0 amide bonds. The van der Waals surface area contributed by atoms with Crippen molar-refractivity contribution in [2.75, 3.05) is 7.11 Å². The predicted octanol–water partition coefficient (Wildman–Crippen LogP) is 3.80. The normalized spacial score (nSPS) is 11.3. The first-order chi connectivity index (χ1) is 15.3. The van der Waals surface area contributed by atoms with Crippen LogP contribution in [0.4, 0.5) is 5.69 Å². The van der Waals surface area contributed by atoms with Crippen molar-refractivity contribution in [1.82, 2.24) is 4.83 Å². The van der Waals surface area contributed by atoms with Crippen LogP contribution in [0.25, 0.3) is 0 Å². The van der Waals surface area contributed by atoms with Gasteiger partial charge in [-0.1, -0.05) is 48.0 Å². The Morgan fingerprint density at radius 3 is 2.38 bits per heavy atom. The fraction of sp³-hybridized carbons (Fsp3) is 0.136. The van der Waals surface area contributed by atoms with Crippen LogP contribution in [0, 0.1) is 17.0 Å². The van der Waals surface area contributed by atoms with E-state index >= 15 is 0 Å². The van der Waals surface area contributed by atoms with Gasteiger partial charge in [-0.25, -0.2) is 4.83 Å². The number of rotatable bonds is 9. The van der Waals surface area contributed by atoms with Gasteiger partial charge in [0.2, 0.25) is 0 Å². The molecular formula is C22H21N3O6S. The van der Waals surface area contributed by atoms with Crippen LogP contribution in [0.2, 0.25) is 0 Å². The van der Waals surface area contributed by atoms with Crippen LogP contribution in [-0.2, 0) is 16.6 Å². The number of nitro benzene ring substituents is 1. The highest BCUT2D eigenvalue weighted by atomic mass is 32.2. The molecule has 0 fully saturated rings. The number of sulfonamides is 1. The molecule has 3 rings (SSSR count). The smallest absolute Gasteiger partial charge is 0.282 e. The number of nitrogens with zero attached hydrogens (tertiary/aromatic N) is 2. The molecule has 32 heavy (non-hydrogen) atoms. The van der Waals surface area contributed by atoms with Gasteiger partial charge in [0.1, 0.15) is 6.61 Å². The van der Waals surface area contributed by atoms with Crippen LogP contribution in [0.15, 0.2) is 76.7 Å². The van der Waals surface area contributed by atoms with E-state index in [4.69, 9.17) is 9.47 Å². The van der Waals surface area contributed by atoms with E-state index < -0.39 is 14.9 Å². The van der Waals surface area contributed by atoms with Crippen molar-refractivity contribution >= 4 is 21.9 Å². The summed E-state index contributed by atoms with van der Waals surface area (Å²) in [5.74, 6) is 0.426. The van der Waals surface area contributed by atoms with Crippen LogP contribution in [0.1, 0.15) is 16.7 Å². The number of nitrogens with one attached hydrogen (secondary N) is 1. The molecule has 1 N–H and O–H groups in total. The van der Waals surface area contributed by atoms with Gasteiger partial charge < -0.3 is 9.47 Å². The Kier molecular flexibility index (Phi) is 7.06. The molecule has 0 unspecified atom stereocenters. The van der Waals surface area contributed by atoms with Gasteiger partial charge in [0.05, 0.1) is 34.8 Å². The Morgan fingerprint density at radius 1 is 1.06 bits per heavy atom. The van der Waals surface area contributed by atoms with E-state index in [1.165, 1.54) is 31.4 Å². The average molecular weight is 455 g/mol. The third kappa shape index (κ3) is 5.61. The molecule has 10 heteroatoms. The summed E-state index contributed by atoms with van der Waals surface area (Å²) in [5.41, 5.74) is 1.54. The summed E-state index contributed by atoms with van der Waals surface area (Å²) < 4.78 is 35.7. The summed E-state index contributed by atoms with van der Waals surface area (Å²) in [6, 6.07) is 18.1. The maximum atomic E-state index is 12.4. The minimum Gasteiger partial charge on any atom is -0.493 e. The number of aryl methyl sites for hydroxylation is 1. The second kappa shape index (κ2) is 9.92. The second-order valence-corrected chi connectivity index (χ2v) is 8.42. The molecule has 0 aromatic heterocycles. The van der Waals surface area contributed by atoms with E-state index in [0.29, 0.717) is 0 Å². The molecule has 0 saturated carbocycles. The highest BCUT2D eigenvalue weighted by Crippen LogP contribution is 2.34. The lowest BCUT2D eigenvalue weighted by molar-refractivity contribution is -0.385. The Morgan fingerprint density at radius 2 is 1.75 bits per heavy atom. The van der Waals surface area contributed by atoms with Gasteiger partial charge in [-0.2, -0.15) is 13.5 Å². The minimum absolute atomic E-state index is 0.0244. The summed E-state index contributed by atoms with van der Waals surface area (Å²) >= 11 is 0. The zero-order chi connectivity index (χ0) is 23.1. The summed E-state index contributed by atoms with van der Waals surface area (Å²) in [4.78, 5) is 13.0. The van der Waals surface area contributed by atoms with E-state index in [2.05, 4.69) is 9.93 Å². The highest BCUT2D eigenvalue weighted by Gasteiger charge is 2.19. The summed E-state index contributed by atoms with van der Waals surface area (Å²) in [5, 5.41) is 15.2. The van der Waals surface area contributed by atoms with Crippen LogP contribution in [0.5, 0.6) is 11.5 Å². The second-order valence-electron chi connectivity index (χ2n) is 6.76. The van der Waals surface area contributed by atoms with Crippen molar-refractivity contribution < 1.29 is 22.8 Å². The van der Waals surface area contributed by atoms with Crippen LogP contribution in [0.3, 0.4) is 0 Å². The lowest BCUT2D eigenvalue weighted by atomic mass is 10.1. The molecule has 166 valence electrons. The van der Waals surface area contributed by atoms with Gasteiger partial charge in [0, 0.05) is 0 Å². The largest absolute Gasteiger partial charge is 0.493 e. The molecule has 0 atom stereocenters. The maximum absolute atomic E-state index is 12.4. The van der Waals surface area contributed by atoms with Crippen LogP contribution in [-0.4, -0.2) is 26.7 Å². The molecule has 0 aliphatic heterocycles. The third-order valence-electron chi connectivity index (χ3n) is 4.45. The number of nitro groups is 1. The van der Waals surface area contributed by atoms with E-state index in [0.717, 1.165) is 17.3 Å². The van der Waals surface area contributed by atoms with Crippen molar-refractivity contribution in [3.63, 3.8) is 0 Å². The molecule has 0 bridgehead atoms. The quantitative estimate of drug-likeness (QED) is 0.298. The molecule has 0 aliphatic rings. The van der Waals surface area contributed by atoms with Crippen LogP contribution < -0.4 is 14.3 Å². The van der Waals surface area contributed by atoms with Gasteiger partial charge >= 0.3 is 0 Å². The first kappa shape index (κ1) is 22.8. The molecule has 0 radical (unpaired) electrons. The third-order valence-corrected chi connectivity index (χ3v) is 5.69. The number of hydrogen-bond donors (Lipinski definition) is 1. The summed E-state index contributed by atoms with van der Waals surface area (Å²) in [6.45, 7) is 2.05. The van der Waals surface area contributed by atoms with Gasteiger partial charge in [-0.3, -0.25) is 10.1 Å². The summed E-state index contributed by atoms with van der Waals surface area (Å²) in [6.07, 6.45) is 1.05. The number of hydrazone groups is 1. The van der Waals surface area contributed by atoms with E-state index in [1.54, 1.807) is 12.1 Å². The zero-order valence-corrected chi connectivity index (χ0v) is 18.2. The lowest BCUT2D eigenvalue weighted by Gasteiger charge is -2.12. The molecule has 0 aliphatic carbocycles. The van der Waals surface area contributed by atoms with Crippen LogP contribution >= 0.6 is 0 Å². The van der Waals surface area contributed by atoms with Gasteiger partial charge in [0.15, 0.2) is 11.5 Å². The number of hydrogen-bond acceptors (Lipinski definition) is 7. The van der Waals surface area contributed by atoms with Crippen molar-refractivity contribution in [2.24, 2.45) is 5.10 Å². The number of methoxy groups -OCH3 is 1. The lowest BCUT2D eigenvalue weighted by Crippen LogP contribution is -2.18. The Labute approximate surface area is 185 Å².